The number of carbonyl (C=O) groups excluding carboxylic acids is 1. The van der Waals surface area contributed by atoms with Gasteiger partial charge in [-0.05, 0) is 37.1 Å². The second-order valence-corrected chi connectivity index (χ2v) is 5.98. The third kappa shape index (κ3) is 2.67. The van der Waals surface area contributed by atoms with Crippen molar-refractivity contribution in [2.45, 2.75) is 17.7 Å². The molecule has 0 radical (unpaired) electrons. The van der Waals surface area contributed by atoms with Gasteiger partial charge in [0.05, 0.1) is 0 Å². The lowest BCUT2D eigenvalue weighted by molar-refractivity contribution is -0.128. The summed E-state index contributed by atoms with van der Waals surface area (Å²) in [6.07, 6.45) is 3.86. The van der Waals surface area contributed by atoms with E-state index in [2.05, 4.69) is 18.7 Å². The Morgan fingerprint density at radius 3 is 2.44 bits per heavy atom. The Labute approximate surface area is 98.7 Å². The Bertz CT molecular complexity index is 377. The zero-order chi connectivity index (χ0) is 11.4. The number of benzene rings is 1. The molecule has 84 valence electrons. The van der Waals surface area contributed by atoms with Crippen LogP contribution in [-0.4, -0.2) is 17.5 Å². The minimum Gasteiger partial charge on any atom is -0.423 e. The number of ether oxygens (including phenoxy) is 1. The van der Waals surface area contributed by atoms with Crippen molar-refractivity contribution in [3.8, 4) is 5.75 Å². The minimum absolute atomic E-state index is 0.406. The molecular weight excluding hydrogens is 220 g/mol. The molecule has 0 N–H and O–H groups in total. The molecule has 0 unspecified atom stereocenters. The lowest BCUT2D eigenvalue weighted by atomic mass is 10.3. The average molecular weight is 235 g/mol. The predicted molar refractivity (Wildman–Crippen MR) is 66.9 cm³/mol. The van der Waals surface area contributed by atoms with Crippen LogP contribution in [0, 0.1) is 0 Å². The molecular formula is C13H15O2S+. The van der Waals surface area contributed by atoms with Gasteiger partial charge in [0.1, 0.15) is 17.3 Å². The highest BCUT2D eigenvalue weighted by molar-refractivity contribution is 7.97. The summed E-state index contributed by atoms with van der Waals surface area (Å²) in [4.78, 5) is 12.4. The van der Waals surface area contributed by atoms with E-state index >= 15 is 0 Å². The van der Waals surface area contributed by atoms with Gasteiger partial charge in [-0.3, -0.25) is 0 Å². The molecule has 1 fully saturated rings. The van der Waals surface area contributed by atoms with Gasteiger partial charge in [0, 0.05) is 17.0 Å². The molecule has 0 aliphatic carbocycles. The summed E-state index contributed by atoms with van der Waals surface area (Å²) in [6.45, 7) is 3.36. The Morgan fingerprint density at radius 1 is 1.25 bits per heavy atom. The normalized spacial score (nSPS) is 16.0. The van der Waals surface area contributed by atoms with Gasteiger partial charge in [0.15, 0.2) is 4.90 Å². The fourth-order valence-corrected chi connectivity index (χ4v) is 4.05. The maximum absolute atomic E-state index is 11.0. The molecule has 16 heavy (non-hydrogen) atoms. The SMILES string of the molecule is C=CC(=O)Oc1ccc([S+]2CCCC2)cc1. The van der Waals surface area contributed by atoms with E-state index in [1.807, 2.05) is 12.1 Å². The fraction of sp³-hybridized carbons (Fsp3) is 0.308. The highest BCUT2D eigenvalue weighted by atomic mass is 32.2. The summed E-state index contributed by atoms with van der Waals surface area (Å²) < 4.78 is 5.03. The summed E-state index contributed by atoms with van der Waals surface area (Å²) in [6, 6.07) is 7.87. The Kier molecular flexibility index (Phi) is 3.67. The van der Waals surface area contributed by atoms with Crippen LogP contribution in [0.5, 0.6) is 5.75 Å². The van der Waals surface area contributed by atoms with Crippen molar-refractivity contribution in [3.05, 3.63) is 36.9 Å². The first-order valence-corrected chi connectivity index (χ1v) is 6.98. The second kappa shape index (κ2) is 5.21. The molecule has 0 aromatic heterocycles. The van der Waals surface area contributed by atoms with E-state index in [1.165, 1.54) is 35.3 Å². The quantitative estimate of drug-likeness (QED) is 0.348. The first-order valence-electron chi connectivity index (χ1n) is 5.41. The van der Waals surface area contributed by atoms with Crippen LogP contribution in [-0.2, 0) is 15.7 Å². The fourth-order valence-electron chi connectivity index (χ4n) is 1.75. The van der Waals surface area contributed by atoms with Crippen molar-refractivity contribution in [2.24, 2.45) is 0 Å². The maximum Gasteiger partial charge on any atom is 0.335 e. The predicted octanol–water partition coefficient (Wildman–Crippen LogP) is 2.55. The van der Waals surface area contributed by atoms with E-state index in [-0.39, 0.29) is 0 Å². The standard InChI is InChI=1S/C13H15O2S/c1-2-13(14)15-11-5-7-12(8-6-11)16-9-3-4-10-16/h2,5-8H,1,3-4,9-10H2/q+1. The van der Waals surface area contributed by atoms with E-state index in [9.17, 15) is 4.79 Å². The number of rotatable bonds is 3. The van der Waals surface area contributed by atoms with Crippen molar-refractivity contribution in [1.29, 1.82) is 0 Å². The molecule has 1 aliphatic heterocycles. The van der Waals surface area contributed by atoms with E-state index in [0.717, 1.165) is 0 Å². The van der Waals surface area contributed by atoms with E-state index in [1.54, 1.807) is 0 Å². The Hall–Kier alpha value is -1.22. The van der Waals surface area contributed by atoms with Crippen LogP contribution in [0.4, 0.5) is 0 Å². The molecule has 0 bridgehead atoms. The molecule has 1 aliphatic rings. The van der Waals surface area contributed by atoms with Crippen molar-refractivity contribution in [1.82, 2.24) is 0 Å². The summed E-state index contributed by atoms with van der Waals surface area (Å²) in [5, 5.41) is 0. The van der Waals surface area contributed by atoms with Gasteiger partial charge in [0.2, 0.25) is 0 Å². The van der Waals surface area contributed by atoms with Crippen molar-refractivity contribution in [3.63, 3.8) is 0 Å². The summed E-state index contributed by atoms with van der Waals surface area (Å²) in [5.74, 6) is 2.81. The smallest absolute Gasteiger partial charge is 0.335 e. The topological polar surface area (TPSA) is 26.3 Å². The zero-order valence-electron chi connectivity index (χ0n) is 9.15. The van der Waals surface area contributed by atoms with Crippen LogP contribution in [0.15, 0.2) is 41.8 Å². The molecule has 0 spiro atoms. The Balaban J connectivity index is 2.03. The van der Waals surface area contributed by atoms with Crippen molar-refractivity contribution >= 4 is 16.9 Å². The lowest BCUT2D eigenvalue weighted by Gasteiger charge is -2.02. The molecule has 1 saturated heterocycles. The first-order chi connectivity index (χ1) is 7.79. The molecule has 0 amide bonds. The number of carbonyl (C=O) groups is 1. The van der Waals surface area contributed by atoms with Gasteiger partial charge in [-0.1, -0.05) is 6.58 Å². The third-order valence-electron chi connectivity index (χ3n) is 2.57. The van der Waals surface area contributed by atoms with E-state index in [4.69, 9.17) is 4.74 Å². The zero-order valence-corrected chi connectivity index (χ0v) is 9.96. The summed E-state index contributed by atoms with van der Waals surface area (Å²) in [5.41, 5.74) is 0. The van der Waals surface area contributed by atoms with Crippen LogP contribution in [0.2, 0.25) is 0 Å². The van der Waals surface area contributed by atoms with E-state index in [0.29, 0.717) is 16.6 Å². The summed E-state index contributed by atoms with van der Waals surface area (Å²) >= 11 is 0. The van der Waals surface area contributed by atoms with Crippen LogP contribution in [0.3, 0.4) is 0 Å². The molecule has 0 atom stereocenters. The molecule has 3 heteroatoms. The number of hydrogen-bond acceptors (Lipinski definition) is 2. The number of hydrogen-bond donors (Lipinski definition) is 0. The van der Waals surface area contributed by atoms with Gasteiger partial charge >= 0.3 is 5.97 Å². The summed E-state index contributed by atoms with van der Waals surface area (Å²) in [7, 11) is 0.426. The largest absolute Gasteiger partial charge is 0.423 e. The molecule has 1 heterocycles. The Morgan fingerprint density at radius 2 is 1.88 bits per heavy atom. The molecule has 1 aromatic carbocycles. The molecule has 0 saturated carbocycles. The van der Waals surface area contributed by atoms with Gasteiger partial charge in [-0.15, -0.1) is 0 Å². The highest BCUT2D eigenvalue weighted by Crippen LogP contribution is 2.24. The minimum atomic E-state index is -0.406. The molecule has 2 rings (SSSR count). The lowest BCUT2D eigenvalue weighted by Crippen LogP contribution is -2.05. The van der Waals surface area contributed by atoms with Gasteiger partial charge in [-0.2, -0.15) is 0 Å². The average Bonchev–Trinajstić information content (AvgIpc) is 2.83. The van der Waals surface area contributed by atoms with Gasteiger partial charge < -0.3 is 4.74 Å². The van der Waals surface area contributed by atoms with Crippen molar-refractivity contribution < 1.29 is 9.53 Å². The van der Waals surface area contributed by atoms with Crippen LogP contribution in [0.1, 0.15) is 12.8 Å². The monoisotopic (exact) mass is 235 g/mol. The highest BCUT2D eigenvalue weighted by Gasteiger charge is 2.26. The molecule has 2 nitrogen and oxygen atoms in total. The van der Waals surface area contributed by atoms with Crippen molar-refractivity contribution in [2.75, 3.05) is 11.5 Å². The molecule has 1 aromatic rings. The second-order valence-electron chi connectivity index (χ2n) is 3.70. The number of esters is 1. The first kappa shape index (κ1) is 11.3. The van der Waals surface area contributed by atoms with Crippen LogP contribution in [0.25, 0.3) is 0 Å². The van der Waals surface area contributed by atoms with Gasteiger partial charge in [0.25, 0.3) is 0 Å². The van der Waals surface area contributed by atoms with E-state index < -0.39 is 5.97 Å². The maximum atomic E-state index is 11.0. The van der Waals surface area contributed by atoms with Crippen LogP contribution >= 0.6 is 0 Å². The van der Waals surface area contributed by atoms with Gasteiger partial charge in [-0.25, -0.2) is 4.79 Å². The third-order valence-corrected chi connectivity index (χ3v) is 5.08. The van der Waals surface area contributed by atoms with Crippen LogP contribution < -0.4 is 4.74 Å².